The van der Waals surface area contributed by atoms with Crippen LogP contribution in [0.25, 0.3) is 0 Å². The molecule has 1 N–H and O–H groups in total. The number of hydrogen-bond acceptors (Lipinski definition) is 4. The Labute approximate surface area is 180 Å². The van der Waals surface area contributed by atoms with Gasteiger partial charge in [-0.05, 0) is 55.8 Å². The Kier molecular flexibility index (Phi) is 7.37. The van der Waals surface area contributed by atoms with Gasteiger partial charge in [-0.25, -0.2) is 4.79 Å². The van der Waals surface area contributed by atoms with E-state index in [-0.39, 0.29) is 12.1 Å². The van der Waals surface area contributed by atoms with Crippen molar-refractivity contribution in [1.29, 1.82) is 0 Å². The highest BCUT2D eigenvalue weighted by atomic mass is 16.6. The second kappa shape index (κ2) is 10.4. The van der Waals surface area contributed by atoms with Crippen LogP contribution in [0.15, 0.2) is 18.2 Å². The second-order valence-corrected chi connectivity index (χ2v) is 8.96. The van der Waals surface area contributed by atoms with E-state index in [0.29, 0.717) is 13.2 Å². The van der Waals surface area contributed by atoms with Gasteiger partial charge in [0, 0.05) is 26.2 Å². The molecule has 166 valence electrons. The first-order chi connectivity index (χ1) is 14.7. The maximum atomic E-state index is 13.0. The van der Waals surface area contributed by atoms with Crippen molar-refractivity contribution in [3.63, 3.8) is 0 Å². The number of carbonyl (C=O) groups excluding carboxylic acids is 1. The summed E-state index contributed by atoms with van der Waals surface area (Å²) in [6, 6.07) is 6.03. The van der Waals surface area contributed by atoms with Gasteiger partial charge in [0.25, 0.3) is 0 Å². The Hall–Kier alpha value is -1.95. The van der Waals surface area contributed by atoms with Gasteiger partial charge in [0.05, 0.1) is 6.04 Å². The van der Waals surface area contributed by atoms with E-state index in [0.717, 1.165) is 62.0 Å². The number of ether oxygens (including phenoxy) is 2. The molecule has 1 aromatic carbocycles. The first-order valence-corrected chi connectivity index (χ1v) is 11.9. The average Bonchev–Trinajstić information content (AvgIpc) is 3.03. The molecule has 1 atom stereocenters. The molecule has 6 nitrogen and oxygen atoms in total. The van der Waals surface area contributed by atoms with Gasteiger partial charge in [-0.2, -0.15) is 0 Å². The maximum Gasteiger partial charge on any atom is 0.317 e. The first-order valence-electron chi connectivity index (χ1n) is 11.9. The Bertz CT molecular complexity index is 705. The fraction of sp³-hybridized carbons (Fsp3) is 0.708. The lowest BCUT2D eigenvalue weighted by atomic mass is 9.89. The lowest BCUT2D eigenvalue weighted by Gasteiger charge is -2.29. The summed E-state index contributed by atoms with van der Waals surface area (Å²) in [5, 5.41) is 3.26. The standard InChI is InChI=1S/C24H37N3O3/c1-2-21(20-9-10-22-23(17-20)30-16-15-29-22)25-24(28)27-12-6-11-26(13-14-27)18-19-7-4-3-5-8-19/h9-10,17,19,21H,2-8,11-16,18H2,1H3,(H,25,28)/t21-/m1/s1. The first kappa shape index (κ1) is 21.3. The summed E-state index contributed by atoms with van der Waals surface area (Å²) in [6.07, 6.45) is 8.86. The smallest absolute Gasteiger partial charge is 0.317 e. The van der Waals surface area contributed by atoms with E-state index in [4.69, 9.17) is 9.47 Å². The largest absolute Gasteiger partial charge is 0.486 e. The van der Waals surface area contributed by atoms with Crippen LogP contribution in [0.1, 0.15) is 63.5 Å². The number of hydrogen-bond donors (Lipinski definition) is 1. The van der Waals surface area contributed by atoms with Crippen molar-refractivity contribution in [2.75, 3.05) is 45.9 Å². The van der Waals surface area contributed by atoms with Crippen LogP contribution >= 0.6 is 0 Å². The van der Waals surface area contributed by atoms with E-state index in [1.54, 1.807) is 0 Å². The highest BCUT2D eigenvalue weighted by Gasteiger charge is 2.24. The zero-order valence-electron chi connectivity index (χ0n) is 18.4. The molecule has 1 saturated carbocycles. The molecule has 2 amide bonds. The van der Waals surface area contributed by atoms with Crippen LogP contribution in [0.2, 0.25) is 0 Å². The van der Waals surface area contributed by atoms with Crippen molar-refractivity contribution >= 4 is 6.03 Å². The van der Waals surface area contributed by atoms with Gasteiger partial charge in [0.1, 0.15) is 13.2 Å². The van der Waals surface area contributed by atoms with Gasteiger partial charge < -0.3 is 24.6 Å². The van der Waals surface area contributed by atoms with Crippen molar-refractivity contribution in [3.8, 4) is 11.5 Å². The Morgan fingerprint density at radius 2 is 1.83 bits per heavy atom. The Morgan fingerprint density at radius 3 is 2.63 bits per heavy atom. The number of amides is 2. The number of nitrogens with zero attached hydrogens (tertiary/aromatic N) is 2. The van der Waals surface area contributed by atoms with Crippen molar-refractivity contribution in [2.45, 2.75) is 57.9 Å². The highest BCUT2D eigenvalue weighted by molar-refractivity contribution is 5.74. The summed E-state index contributed by atoms with van der Waals surface area (Å²) in [5.41, 5.74) is 1.07. The molecule has 2 fully saturated rings. The van der Waals surface area contributed by atoms with Gasteiger partial charge in [-0.15, -0.1) is 0 Å². The van der Waals surface area contributed by atoms with Crippen molar-refractivity contribution in [3.05, 3.63) is 23.8 Å². The molecule has 0 aromatic heterocycles. The van der Waals surface area contributed by atoms with Crippen LogP contribution in [0, 0.1) is 5.92 Å². The molecular weight excluding hydrogens is 378 g/mol. The van der Waals surface area contributed by atoms with Crippen LogP contribution in [0.3, 0.4) is 0 Å². The summed E-state index contributed by atoms with van der Waals surface area (Å²) >= 11 is 0. The summed E-state index contributed by atoms with van der Waals surface area (Å²) < 4.78 is 11.3. The Morgan fingerprint density at radius 1 is 1.03 bits per heavy atom. The minimum Gasteiger partial charge on any atom is -0.486 e. The van der Waals surface area contributed by atoms with Gasteiger partial charge in [0.2, 0.25) is 0 Å². The predicted molar refractivity (Wildman–Crippen MR) is 118 cm³/mol. The molecule has 4 rings (SSSR count). The molecule has 1 aliphatic carbocycles. The molecule has 0 spiro atoms. The molecule has 6 heteroatoms. The van der Waals surface area contributed by atoms with Crippen LogP contribution in [-0.4, -0.2) is 61.8 Å². The molecule has 1 saturated heterocycles. The van der Waals surface area contributed by atoms with Gasteiger partial charge in [0.15, 0.2) is 11.5 Å². The summed E-state index contributed by atoms with van der Waals surface area (Å²) in [7, 11) is 0. The van der Waals surface area contributed by atoms with E-state index in [1.165, 1.54) is 38.6 Å². The van der Waals surface area contributed by atoms with Crippen molar-refractivity contribution < 1.29 is 14.3 Å². The number of benzene rings is 1. The SMILES string of the molecule is CC[C@@H](NC(=O)N1CCCN(CC2CCCCC2)CC1)c1ccc2c(c1)OCCO2. The molecule has 2 heterocycles. The number of nitrogens with one attached hydrogen (secondary N) is 1. The van der Waals surface area contributed by atoms with E-state index in [1.807, 2.05) is 23.1 Å². The van der Waals surface area contributed by atoms with E-state index in [2.05, 4.69) is 17.1 Å². The topological polar surface area (TPSA) is 54.0 Å². The molecule has 3 aliphatic rings. The monoisotopic (exact) mass is 415 g/mol. The minimum atomic E-state index is -0.0186. The highest BCUT2D eigenvalue weighted by Crippen LogP contribution is 2.33. The number of carbonyl (C=O) groups is 1. The van der Waals surface area contributed by atoms with Crippen LogP contribution in [-0.2, 0) is 0 Å². The van der Waals surface area contributed by atoms with E-state index >= 15 is 0 Å². The van der Waals surface area contributed by atoms with Crippen LogP contribution in [0.4, 0.5) is 4.79 Å². The molecule has 0 radical (unpaired) electrons. The zero-order chi connectivity index (χ0) is 20.8. The summed E-state index contributed by atoms with van der Waals surface area (Å²) in [6.45, 7) is 8.24. The number of urea groups is 1. The molecule has 1 aromatic rings. The predicted octanol–water partition coefficient (Wildman–Crippen LogP) is 4.21. The third-order valence-electron chi connectivity index (χ3n) is 6.79. The normalized spacial score (nSPS) is 21.7. The van der Waals surface area contributed by atoms with Gasteiger partial charge >= 0.3 is 6.03 Å². The van der Waals surface area contributed by atoms with Crippen molar-refractivity contribution in [1.82, 2.24) is 15.1 Å². The zero-order valence-corrected chi connectivity index (χ0v) is 18.4. The lowest BCUT2D eigenvalue weighted by molar-refractivity contribution is 0.171. The minimum absolute atomic E-state index is 0.0186. The second-order valence-electron chi connectivity index (χ2n) is 8.96. The molecule has 0 unspecified atom stereocenters. The fourth-order valence-corrected chi connectivity index (χ4v) is 5.03. The third kappa shape index (κ3) is 5.39. The molecule has 2 aliphatic heterocycles. The maximum absolute atomic E-state index is 13.0. The molecule has 30 heavy (non-hydrogen) atoms. The molecule has 0 bridgehead atoms. The van der Waals surface area contributed by atoms with E-state index < -0.39 is 0 Å². The third-order valence-corrected chi connectivity index (χ3v) is 6.79. The van der Waals surface area contributed by atoms with Crippen LogP contribution < -0.4 is 14.8 Å². The van der Waals surface area contributed by atoms with Crippen molar-refractivity contribution in [2.24, 2.45) is 5.92 Å². The Balaban J connectivity index is 1.31. The quantitative estimate of drug-likeness (QED) is 0.783. The van der Waals surface area contributed by atoms with E-state index in [9.17, 15) is 4.79 Å². The number of rotatable bonds is 5. The summed E-state index contributed by atoms with van der Waals surface area (Å²) in [5.74, 6) is 2.43. The average molecular weight is 416 g/mol. The summed E-state index contributed by atoms with van der Waals surface area (Å²) in [4.78, 5) is 17.6. The number of fused-ring (bicyclic) bond motifs is 1. The van der Waals surface area contributed by atoms with Gasteiger partial charge in [-0.3, -0.25) is 0 Å². The van der Waals surface area contributed by atoms with Gasteiger partial charge in [-0.1, -0.05) is 32.3 Å². The lowest BCUT2D eigenvalue weighted by Crippen LogP contribution is -2.43. The molecular formula is C24H37N3O3. The van der Waals surface area contributed by atoms with Crippen LogP contribution in [0.5, 0.6) is 11.5 Å². The fourth-order valence-electron chi connectivity index (χ4n) is 5.03.